The molecule has 116 valence electrons. The number of pyridine rings is 1. The van der Waals surface area contributed by atoms with Gasteiger partial charge in [-0.05, 0) is 44.9 Å². The molecule has 1 amide bonds. The van der Waals surface area contributed by atoms with Crippen LogP contribution in [0.2, 0.25) is 0 Å². The van der Waals surface area contributed by atoms with Gasteiger partial charge in [0.2, 0.25) is 0 Å². The maximum Gasteiger partial charge on any atom is 0.258 e. The van der Waals surface area contributed by atoms with Crippen molar-refractivity contribution in [3.63, 3.8) is 0 Å². The Morgan fingerprint density at radius 3 is 2.83 bits per heavy atom. The summed E-state index contributed by atoms with van der Waals surface area (Å²) in [6, 6.07) is 7.82. The Labute approximate surface area is 138 Å². The van der Waals surface area contributed by atoms with Gasteiger partial charge in [0.15, 0.2) is 5.13 Å². The lowest BCUT2D eigenvalue weighted by molar-refractivity contribution is 0.102. The van der Waals surface area contributed by atoms with Crippen LogP contribution in [-0.4, -0.2) is 15.9 Å². The monoisotopic (exact) mass is 323 g/mol. The minimum Gasteiger partial charge on any atom is -0.298 e. The van der Waals surface area contributed by atoms with E-state index in [9.17, 15) is 4.79 Å². The highest BCUT2D eigenvalue weighted by Crippen LogP contribution is 2.40. The quantitative estimate of drug-likeness (QED) is 0.775. The molecule has 1 aliphatic carbocycles. The van der Waals surface area contributed by atoms with Crippen LogP contribution < -0.4 is 5.32 Å². The number of nitrogens with zero attached hydrogens (tertiary/aromatic N) is 2. The molecular formula is C18H17N3OS. The van der Waals surface area contributed by atoms with Crippen LogP contribution >= 0.6 is 11.3 Å². The van der Waals surface area contributed by atoms with Crippen molar-refractivity contribution in [1.29, 1.82) is 0 Å². The van der Waals surface area contributed by atoms with Crippen LogP contribution in [0.15, 0.2) is 29.6 Å². The number of hydrogen-bond donors (Lipinski definition) is 1. The van der Waals surface area contributed by atoms with Crippen molar-refractivity contribution in [3.05, 3.63) is 52.2 Å². The summed E-state index contributed by atoms with van der Waals surface area (Å²) in [5, 5.41) is 6.54. The minimum atomic E-state index is -0.122. The van der Waals surface area contributed by atoms with Gasteiger partial charge in [-0.25, -0.2) is 4.98 Å². The molecule has 4 nitrogen and oxygen atoms in total. The fraction of sp³-hybridized carbons (Fsp3) is 0.278. The van der Waals surface area contributed by atoms with Gasteiger partial charge < -0.3 is 0 Å². The van der Waals surface area contributed by atoms with E-state index in [1.807, 2.05) is 43.5 Å². The number of hydrogen-bond acceptors (Lipinski definition) is 4. The topological polar surface area (TPSA) is 54.9 Å². The number of benzene rings is 1. The molecule has 0 bridgehead atoms. The van der Waals surface area contributed by atoms with E-state index >= 15 is 0 Å². The molecule has 0 saturated heterocycles. The zero-order valence-corrected chi connectivity index (χ0v) is 13.9. The second-order valence-electron chi connectivity index (χ2n) is 6.14. The highest BCUT2D eigenvalue weighted by atomic mass is 32.1. The summed E-state index contributed by atoms with van der Waals surface area (Å²) in [4.78, 5) is 21.8. The molecule has 0 aliphatic heterocycles. The molecule has 0 unspecified atom stereocenters. The van der Waals surface area contributed by atoms with Crippen LogP contribution in [0.1, 0.15) is 46.1 Å². The van der Waals surface area contributed by atoms with Gasteiger partial charge in [-0.15, -0.1) is 11.3 Å². The van der Waals surface area contributed by atoms with Crippen LogP contribution in [0.25, 0.3) is 10.9 Å². The smallest absolute Gasteiger partial charge is 0.258 e. The molecule has 5 heteroatoms. The average Bonchev–Trinajstić information content (AvgIpc) is 3.27. The summed E-state index contributed by atoms with van der Waals surface area (Å²) in [5.41, 5.74) is 4.56. The van der Waals surface area contributed by atoms with Crippen LogP contribution in [0.3, 0.4) is 0 Å². The molecule has 0 spiro atoms. The van der Waals surface area contributed by atoms with E-state index in [4.69, 9.17) is 0 Å². The van der Waals surface area contributed by atoms with Gasteiger partial charge in [0, 0.05) is 22.4 Å². The van der Waals surface area contributed by atoms with Crippen molar-refractivity contribution in [3.8, 4) is 0 Å². The Morgan fingerprint density at radius 1 is 1.22 bits per heavy atom. The van der Waals surface area contributed by atoms with E-state index in [0.29, 0.717) is 16.6 Å². The number of carbonyl (C=O) groups excluding carboxylic acids is 1. The number of aryl methyl sites for hydroxylation is 2. The summed E-state index contributed by atoms with van der Waals surface area (Å²) < 4.78 is 0. The molecule has 1 aromatic carbocycles. The molecule has 2 heterocycles. The Morgan fingerprint density at radius 2 is 2.04 bits per heavy atom. The van der Waals surface area contributed by atoms with Crippen LogP contribution in [0.4, 0.5) is 5.13 Å². The highest BCUT2D eigenvalue weighted by molar-refractivity contribution is 7.14. The summed E-state index contributed by atoms with van der Waals surface area (Å²) in [6.07, 6.45) is 2.43. The van der Waals surface area contributed by atoms with Gasteiger partial charge in [0.25, 0.3) is 5.91 Å². The maximum atomic E-state index is 12.7. The molecule has 0 radical (unpaired) electrons. The lowest BCUT2D eigenvalue weighted by Gasteiger charge is -2.08. The number of thiazole rings is 1. The van der Waals surface area contributed by atoms with Gasteiger partial charge >= 0.3 is 0 Å². The molecule has 1 aliphatic rings. The third-order valence-corrected chi connectivity index (χ3v) is 4.85. The molecule has 2 aromatic heterocycles. The largest absolute Gasteiger partial charge is 0.298 e. The minimum absolute atomic E-state index is 0.122. The summed E-state index contributed by atoms with van der Waals surface area (Å²) in [7, 11) is 0. The number of carbonyl (C=O) groups is 1. The van der Waals surface area contributed by atoms with Crippen molar-refractivity contribution < 1.29 is 4.79 Å². The Balaban J connectivity index is 1.69. The normalized spacial score (nSPS) is 14.2. The number of rotatable bonds is 3. The van der Waals surface area contributed by atoms with Gasteiger partial charge in [-0.1, -0.05) is 11.6 Å². The summed E-state index contributed by atoms with van der Waals surface area (Å²) in [6.45, 7) is 3.92. The lowest BCUT2D eigenvalue weighted by Crippen LogP contribution is -2.13. The zero-order valence-electron chi connectivity index (χ0n) is 13.1. The third kappa shape index (κ3) is 2.84. The predicted octanol–water partition coefficient (Wildman–Crippen LogP) is 4.44. The standard InChI is InChI=1S/C18H17N3OS/c1-10-3-6-15-13(7-10)14(8-11(2)19-15)17(22)21-18-20-16(9-23-18)12-4-5-12/h3,6-9,12H,4-5H2,1-2H3,(H,20,21,22). The van der Waals surface area contributed by atoms with Gasteiger partial charge in [-0.2, -0.15) is 0 Å². The van der Waals surface area contributed by atoms with Gasteiger partial charge in [0.1, 0.15) is 0 Å². The Hall–Kier alpha value is -2.27. The van der Waals surface area contributed by atoms with Crippen LogP contribution in [0, 0.1) is 13.8 Å². The predicted molar refractivity (Wildman–Crippen MR) is 93.3 cm³/mol. The Kier molecular flexibility index (Phi) is 3.38. The van der Waals surface area contributed by atoms with E-state index in [-0.39, 0.29) is 5.91 Å². The maximum absolute atomic E-state index is 12.7. The number of anilines is 1. The number of nitrogens with one attached hydrogen (secondary N) is 1. The number of aromatic nitrogens is 2. The molecule has 0 atom stereocenters. The van der Waals surface area contributed by atoms with E-state index in [0.717, 1.165) is 27.9 Å². The first kappa shape index (κ1) is 14.3. The fourth-order valence-electron chi connectivity index (χ4n) is 2.73. The number of fused-ring (bicyclic) bond motifs is 1. The van der Waals surface area contributed by atoms with Gasteiger partial charge in [-0.3, -0.25) is 15.1 Å². The molecule has 23 heavy (non-hydrogen) atoms. The highest BCUT2D eigenvalue weighted by Gasteiger charge is 2.26. The Bertz CT molecular complexity index is 912. The van der Waals surface area contributed by atoms with Crippen LogP contribution in [-0.2, 0) is 0 Å². The van der Waals surface area contributed by atoms with Crippen molar-refractivity contribution in [2.45, 2.75) is 32.6 Å². The molecule has 4 rings (SSSR count). The first-order valence-electron chi connectivity index (χ1n) is 7.75. The van der Waals surface area contributed by atoms with Crippen molar-refractivity contribution in [2.24, 2.45) is 0 Å². The van der Waals surface area contributed by atoms with Crippen LogP contribution in [0.5, 0.6) is 0 Å². The fourth-order valence-corrected chi connectivity index (χ4v) is 3.52. The zero-order chi connectivity index (χ0) is 16.0. The SMILES string of the molecule is Cc1ccc2nc(C)cc(C(=O)Nc3nc(C4CC4)cs3)c2c1. The first-order valence-corrected chi connectivity index (χ1v) is 8.63. The first-order chi connectivity index (χ1) is 11.1. The second-order valence-corrected chi connectivity index (χ2v) is 7.00. The molecule has 1 N–H and O–H groups in total. The van der Waals surface area contributed by atoms with Crippen molar-refractivity contribution in [2.75, 3.05) is 5.32 Å². The number of amides is 1. The lowest BCUT2D eigenvalue weighted by atomic mass is 10.0. The van der Waals surface area contributed by atoms with E-state index < -0.39 is 0 Å². The third-order valence-electron chi connectivity index (χ3n) is 4.07. The van der Waals surface area contributed by atoms with E-state index in [1.54, 1.807) is 0 Å². The molecule has 1 saturated carbocycles. The van der Waals surface area contributed by atoms with Gasteiger partial charge in [0.05, 0.1) is 16.8 Å². The molecule has 3 aromatic rings. The second kappa shape index (κ2) is 5.42. The van der Waals surface area contributed by atoms with E-state index in [2.05, 4.69) is 15.3 Å². The van der Waals surface area contributed by atoms with E-state index in [1.165, 1.54) is 24.2 Å². The average molecular weight is 323 g/mol. The summed E-state index contributed by atoms with van der Waals surface area (Å²) in [5.74, 6) is 0.478. The van der Waals surface area contributed by atoms with Crippen molar-refractivity contribution in [1.82, 2.24) is 9.97 Å². The van der Waals surface area contributed by atoms with Crippen molar-refractivity contribution >= 4 is 33.3 Å². The molecular weight excluding hydrogens is 306 g/mol. The summed E-state index contributed by atoms with van der Waals surface area (Å²) >= 11 is 1.49. The molecule has 1 fully saturated rings.